The fourth-order valence-corrected chi connectivity index (χ4v) is 1.36. The minimum absolute atomic E-state index is 0.0323. The topological polar surface area (TPSA) is 76.7 Å². The first-order valence-electron chi connectivity index (χ1n) is 4.84. The van der Waals surface area contributed by atoms with Crippen molar-refractivity contribution in [2.24, 2.45) is 5.84 Å². The SMILES string of the molecule is NNc1nncc(-c2cccc(C(F)(F)F)c2)n1. The molecular formula is C10H8F3N5. The molecule has 0 fully saturated rings. The molecule has 2 aromatic rings. The Kier molecular flexibility index (Phi) is 3.11. The summed E-state index contributed by atoms with van der Waals surface area (Å²) in [7, 11) is 0. The Labute approximate surface area is 99.8 Å². The number of nitrogens with one attached hydrogen (secondary N) is 1. The van der Waals surface area contributed by atoms with Crippen molar-refractivity contribution >= 4 is 5.95 Å². The smallest absolute Gasteiger partial charge is 0.291 e. The van der Waals surface area contributed by atoms with Crippen LogP contribution in [0.25, 0.3) is 11.3 Å². The highest BCUT2D eigenvalue weighted by Crippen LogP contribution is 2.31. The number of nitrogens with zero attached hydrogens (tertiary/aromatic N) is 3. The summed E-state index contributed by atoms with van der Waals surface area (Å²) in [4.78, 5) is 3.91. The molecule has 94 valence electrons. The van der Waals surface area contributed by atoms with Gasteiger partial charge < -0.3 is 0 Å². The molecule has 18 heavy (non-hydrogen) atoms. The van der Waals surface area contributed by atoms with Crippen LogP contribution in [0.1, 0.15) is 5.56 Å². The van der Waals surface area contributed by atoms with Gasteiger partial charge in [-0.05, 0) is 12.1 Å². The lowest BCUT2D eigenvalue weighted by molar-refractivity contribution is -0.137. The maximum atomic E-state index is 12.5. The average Bonchev–Trinajstić information content (AvgIpc) is 2.38. The first-order valence-corrected chi connectivity index (χ1v) is 4.84. The van der Waals surface area contributed by atoms with E-state index < -0.39 is 11.7 Å². The van der Waals surface area contributed by atoms with Crippen LogP contribution in [0.2, 0.25) is 0 Å². The molecule has 1 aromatic carbocycles. The third-order valence-electron chi connectivity index (χ3n) is 2.17. The van der Waals surface area contributed by atoms with Crippen LogP contribution >= 0.6 is 0 Å². The minimum atomic E-state index is -4.40. The Hall–Kier alpha value is -2.22. The van der Waals surface area contributed by atoms with Gasteiger partial charge in [-0.1, -0.05) is 12.1 Å². The Morgan fingerprint density at radius 1 is 1.22 bits per heavy atom. The zero-order chi connectivity index (χ0) is 13.2. The first kappa shape index (κ1) is 12.2. The highest BCUT2D eigenvalue weighted by molar-refractivity contribution is 5.60. The molecule has 0 aliphatic rings. The normalized spacial score (nSPS) is 11.3. The van der Waals surface area contributed by atoms with Gasteiger partial charge in [-0.15, -0.1) is 5.10 Å². The Morgan fingerprint density at radius 2 is 2.00 bits per heavy atom. The lowest BCUT2D eigenvalue weighted by atomic mass is 10.1. The van der Waals surface area contributed by atoms with Gasteiger partial charge in [0.25, 0.3) is 5.95 Å². The molecule has 0 spiro atoms. The minimum Gasteiger partial charge on any atom is -0.291 e. The Balaban J connectivity index is 2.44. The summed E-state index contributed by atoms with van der Waals surface area (Å²) < 4.78 is 37.6. The van der Waals surface area contributed by atoms with Crippen molar-refractivity contribution in [3.63, 3.8) is 0 Å². The van der Waals surface area contributed by atoms with Crippen LogP contribution in [0.4, 0.5) is 19.1 Å². The van der Waals surface area contributed by atoms with Crippen molar-refractivity contribution in [1.29, 1.82) is 0 Å². The predicted octanol–water partition coefficient (Wildman–Crippen LogP) is 1.84. The molecule has 1 heterocycles. The van der Waals surface area contributed by atoms with Gasteiger partial charge in [0.05, 0.1) is 17.5 Å². The number of benzene rings is 1. The van der Waals surface area contributed by atoms with Crippen molar-refractivity contribution in [1.82, 2.24) is 15.2 Å². The van der Waals surface area contributed by atoms with Crippen LogP contribution in [-0.2, 0) is 6.18 Å². The van der Waals surface area contributed by atoms with Gasteiger partial charge in [0.15, 0.2) is 0 Å². The molecule has 1 aromatic heterocycles. The number of nitrogen functional groups attached to an aromatic ring is 1. The maximum absolute atomic E-state index is 12.5. The van der Waals surface area contributed by atoms with Crippen molar-refractivity contribution in [3.05, 3.63) is 36.0 Å². The van der Waals surface area contributed by atoms with E-state index in [-0.39, 0.29) is 17.2 Å². The van der Waals surface area contributed by atoms with E-state index in [1.807, 2.05) is 0 Å². The lowest BCUT2D eigenvalue weighted by Gasteiger charge is -2.08. The largest absolute Gasteiger partial charge is 0.416 e. The molecule has 3 N–H and O–H groups in total. The van der Waals surface area contributed by atoms with E-state index >= 15 is 0 Å². The van der Waals surface area contributed by atoms with Crippen LogP contribution in [0.15, 0.2) is 30.5 Å². The van der Waals surface area contributed by atoms with Crippen LogP contribution in [0.5, 0.6) is 0 Å². The Morgan fingerprint density at radius 3 is 2.67 bits per heavy atom. The third-order valence-corrected chi connectivity index (χ3v) is 2.17. The number of nitrogens with two attached hydrogens (primary N) is 1. The zero-order valence-corrected chi connectivity index (χ0v) is 8.94. The van der Waals surface area contributed by atoms with Crippen molar-refractivity contribution in [3.8, 4) is 11.3 Å². The Bertz CT molecular complexity index is 555. The molecule has 0 atom stereocenters. The van der Waals surface area contributed by atoms with E-state index in [1.54, 1.807) is 0 Å². The first-order chi connectivity index (χ1) is 8.50. The number of alkyl halides is 3. The molecular weight excluding hydrogens is 247 g/mol. The van der Waals surface area contributed by atoms with E-state index in [2.05, 4.69) is 20.6 Å². The van der Waals surface area contributed by atoms with Crippen LogP contribution < -0.4 is 11.3 Å². The summed E-state index contributed by atoms with van der Waals surface area (Å²) in [5, 5.41) is 7.12. The standard InChI is InChI=1S/C10H8F3N5/c11-10(12,13)7-3-1-2-6(4-7)8-5-15-18-9(16-8)17-14/h1-5H,14H2,(H,16,17,18). The van der Waals surface area contributed by atoms with Gasteiger partial charge in [0.2, 0.25) is 0 Å². The van der Waals surface area contributed by atoms with Gasteiger partial charge in [-0.2, -0.15) is 18.3 Å². The van der Waals surface area contributed by atoms with E-state index in [4.69, 9.17) is 5.84 Å². The van der Waals surface area contributed by atoms with E-state index in [9.17, 15) is 13.2 Å². The maximum Gasteiger partial charge on any atom is 0.416 e. The fraction of sp³-hybridized carbons (Fsp3) is 0.100. The quantitative estimate of drug-likeness (QED) is 0.632. The predicted molar refractivity (Wildman–Crippen MR) is 58.1 cm³/mol. The van der Waals surface area contributed by atoms with Crippen molar-refractivity contribution in [2.75, 3.05) is 5.43 Å². The van der Waals surface area contributed by atoms with Crippen molar-refractivity contribution in [2.45, 2.75) is 6.18 Å². The lowest BCUT2D eigenvalue weighted by Crippen LogP contribution is -2.11. The van der Waals surface area contributed by atoms with Gasteiger partial charge in [0, 0.05) is 5.56 Å². The number of hydrogen-bond donors (Lipinski definition) is 2. The molecule has 2 rings (SSSR count). The second-order valence-electron chi connectivity index (χ2n) is 3.39. The van der Waals surface area contributed by atoms with E-state index in [1.165, 1.54) is 18.3 Å². The molecule has 0 amide bonds. The highest BCUT2D eigenvalue weighted by Gasteiger charge is 2.30. The molecule has 5 nitrogen and oxygen atoms in total. The van der Waals surface area contributed by atoms with Gasteiger partial charge >= 0.3 is 6.18 Å². The monoisotopic (exact) mass is 255 g/mol. The van der Waals surface area contributed by atoms with Crippen LogP contribution in [-0.4, -0.2) is 15.2 Å². The molecule has 0 aliphatic heterocycles. The number of anilines is 1. The van der Waals surface area contributed by atoms with Crippen LogP contribution in [0, 0.1) is 0 Å². The van der Waals surface area contributed by atoms with Gasteiger partial charge in [0.1, 0.15) is 0 Å². The molecule has 8 heteroatoms. The van der Waals surface area contributed by atoms with Crippen LogP contribution in [0.3, 0.4) is 0 Å². The summed E-state index contributed by atoms with van der Waals surface area (Å²) in [5.41, 5.74) is 1.97. The second-order valence-corrected chi connectivity index (χ2v) is 3.39. The van der Waals surface area contributed by atoms with Crippen molar-refractivity contribution < 1.29 is 13.2 Å². The molecule has 0 saturated heterocycles. The summed E-state index contributed by atoms with van der Waals surface area (Å²) in [5.74, 6) is 5.13. The highest BCUT2D eigenvalue weighted by atomic mass is 19.4. The van der Waals surface area contributed by atoms with E-state index in [0.717, 1.165) is 12.1 Å². The number of rotatable bonds is 2. The summed E-state index contributed by atoms with van der Waals surface area (Å²) in [6, 6.07) is 4.78. The summed E-state index contributed by atoms with van der Waals surface area (Å²) >= 11 is 0. The summed E-state index contributed by atoms with van der Waals surface area (Å²) in [6.45, 7) is 0. The average molecular weight is 255 g/mol. The molecule has 0 unspecified atom stereocenters. The molecule has 0 aliphatic carbocycles. The van der Waals surface area contributed by atoms with Gasteiger partial charge in [-0.3, -0.25) is 5.43 Å². The number of hydrogen-bond acceptors (Lipinski definition) is 5. The molecule has 0 bridgehead atoms. The number of halogens is 3. The zero-order valence-electron chi connectivity index (χ0n) is 8.94. The molecule has 0 radical (unpaired) electrons. The number of hydrazine groups is 1. The van der Waals surface area contributed by atoms with Gasteiger partial charge in [-0.25, -0.2) is 10.8 Å². The van der Waals surface area contributed by atoms with E-state index in [0.29, 0.717) is 0 Å². The number of aromatic nitrogens is 3. The summed E-state index contributed by atoms with van der Waals surface area (Å²) in [6.07, 6.45) is -3.14. The fourth-order valence-electron chi connectivity index (χ4n) is 1.36. The third kappa shape index (κ3) is 2.54. The molecule has 0 saturated carbocycles. The second kappa shape index (κ2) is 4.57.